The number of hydrogen-bond donors (Lipinski definition) is 1. The quantitative estimate of drug-likeness (QED) is 0.706. The first-order valence-electron chi connectivity index (χ1n) is 9.23. The second-order valence-electron chi connectivity index (χ2n) is 6.75. The number of nitrogens with one attached hydrogen (secondary N) is 1. The molecular formula is C22H29NO3. The molecule has 1 N–H and O–H groups in total. The van der Waals surface area contributed by atoms with Crippen molar-refractivity contribution in [2.45, 2.75) is 40.7 Å². The number of para-hydroxylation sites is 1. The maximum Gasteiger partial charge on any atom is 0.251 e. The van der Waals surface area contributed by atoms with Gasteiger partial charge in [-0.05, 0) is 56.0 Å². The lowest BCUT2D eigenvalue weighted by Gasteiger charge is -2.14. The highest BCUT2D eigenvalue weighted by Gasteiger charge is 2.12. The number of aryl methyl sites for hydroxylation is 1. The fourth-order valence-corrected chi connectivity index (χ4v) is 2.58. The molecule has 1 amide bonds. The van der Waals surface area contributed by atoms with Crippen LogP contribution in [0.2, 0.25) is 0 Å². The van der Waals surface area contributed by atoms with Crippen LogP contribution in [0.25, 0.3) is 0 Å². The first-order chi connectivity index (χ1) is 12.5. The first-order valence-corrected chi connectivity index (χ1v) is 9.23. The Balaban J connectivity index is 2.11. The molecule has 140 valence electrons. The van der Waals surface area contributed by atoms with Gasteiger partial charge in [-0.25, -0.2) is 0 Å². The van der Waals surface area contributed by atoms with Crippen molar-refractivity contribution in [3.8, 4) is 11.5 Å². The summed E-state index contributed by atoms with van der Waals surface area (Å²) in [6, 6.07) is 13.4. The van der Waals surface area contributed by atoms with Crippen LogP contribution in [0.15, 0.2) is 42.5 Å². The summed E-state index contributed by atoms with van der Waals surface area (Å²) < 4.78 is 11.6. The molecular weight excluding hydrogens is 326 g/mol. The molecule has 0 spiro atoms. The molecule has 0 aromatic heterocycles. The van der Waals surface area contributed by atoms with E-state index in [1.807, 2.05) is 50.2 Å². The lowest BCUT2D eigenvalue weighted by Crippen LogP contribution is -2.25. The Kier molecular flexibility index (Phi) is 7.52. The SMILES string of the molecule is CCOc1ccc(C(=O)NCCC(C)C)cc1COc1ccccc1C. The highest BCUT2D eigenvalue weighted by Crippen LogP contribution is 2.24. The van der Waals surface area contributed by atoms with E-state index < -0.39 is 0 Å². The molecule has 4 nitrogen and oxygen atoms in total. The molecule has 0 saturated carbocycles. The summed E-state index contributed by atoms with van der Waals surface area (Å²) in [6.45, 7) is 9.84. The van der Waals surface area contributed by atoms with Crippen molar-refractivity contribution in [2.75, 3.05) is 13.2 Å². The van der Waals surface area contributed by atoms with E-state index >= 15 is 0 Å². The van der Waals surface area contributed by atoms with Gasteiger partial charge in [0.05, 0.1) is 6.61 Å². The lowest BCUT2D eigenvalue weighted by atomic mass is 10.1. The normalized spacial score (nSPS) is 10.7. The van der Waals surface area contributed by atoms with Gasteiger partial charge in [-0.2, -0.15) is 0 Å². The molecule has 0 aliphatic heterocycles. The molecule has 2 aromatic rings. The van der Waals surface area contributed by atoms with Gasteiger partial charge in [0.2, 0.25) is 0 Å². The minimum atomic E-state index is -0.0640. The van der Waals surface area contributed by atoms with Gasteiger partial charge in [-0.15, -0.1) is 0 Å². The Morgan fingerprint density at radius 3 is 2.54 bits per heavy atom. The predicted molar refractivity (Wildman–Crippen MR) is 105 cm³/mol. The number of hydrogen-bond acceptors (Lipinski definition) is 3. The smallest absolute Gasteiger partial charge is 0.251 e. The summed E-state index contributed by atoms with van der Waals surface area (Å²) in [5.74, 6) is 2.08. The summed E-state index contributed by atoms with van der Waals surface area (Å²) >= 11 is 0. The maximum atomic E-state index is 12.4. The number of carbonyl (C=O) groups excluding carboxylic acids is 1. The molecule has 0 aliphatic rings. The van der Waals surface area contributed by atoms with Crippen LogP contribution in [-0.2, 0) is 6.61 Å². The zero-order valence-electron chi connectivity index (χ0n) is 16.2. The number of carbonyl (C=O) groups is 1. The van der Waals surface area contributed by atoms with Gasteiger partial charge >= 0.3 is 0 Å². The topological polar surface area (TPSA) is 47.6 Å². The fraction of sp³-hybridized carbons (Fsp3) is 0.409. The lowest BCUT2D eigenvalue weighted by molar-refractivity contribution is 0.0952. The van der Waals surface area contributed by atoms with Crippen molar-refractivity contribution in [2.24, 2.45) is 5.92 Å². The minimum absolute atomic E-state index is 0.0640. The van der Waals surface area contributed by atoms with Crippen LogP contribution in [-0.4, -0.2) is 19.1 Å². The van der Waals surface area contributed by atoms with Crippen LogP contribution in [0, 0.1) is 12.8 Å². The third-order valence-electron chi connectivity index (χ3n) is 4.11. The van der Waals surface area contributed by atoms with Crippen LogP contribution in [0.4, 0.5) is 0 Å². The van der Waals surface area contributed by atoms with Crippen LogP contribution >= 0.6 is 0 Å². The Morgan fingerprint density at radius 2 is 1.85 bits per heavy atom. The van der Waals surface area contributed by atoms with Gasteiger partial charge in [0.1, 0.15) is 18.1 Å². The highest BCUT2D eigenvalue weighted by molar-refractivity contribution is 5.94. The zero-order valence-corrected chi connectivity index (χ0v) is 16.2. The molecule has 0 fully saturated rings. The largest absolute Gasteiger partial charge is 0.493 e. The standard InChI is InChI=1S/C22H29NO3/c1-5-25-21-11-10-18(22(24)23-13-12-16(2)3)14-19(21)15-26-20-9-7-6-8-17(20)4/h6-11,14,16H,5,12-13,15H2,1-4H3,(H,23,24). The second-order valence-corrected chi connectivity index (χ2v) is 6.75. The van der Waals surface area contributed by atoms with E-state index in [9.17, 15) is 4.79 Å². The molecule has 4 heteroatoms. The summed E-state index contributed by atoms with van der Waals surface area (Å²) in [5, 5.41) is 2.97. The van der Waals surface area contributed by atoms with Crippen molar-refractivity contribution in [3.63, 3.8) is 0 Å². The van der Waals surface area contributed by atoms with Gasteiger partial charge in [0.15, 0.2) is 0 Å². The molecule has 0 saturated heterocycles. The van der Waals surface area contributed by atoms with Crippen molar-refractivity contribution in [3.05, 3.63) is 59.2 Å². The minimum Gasteiger partial charge on any atom is -0.493 e. The molecule has 2 rings (SSSR count). The van der Waals surface area contributed by atoms with E-state index in [1.165, 1.54) is 0 Å². The number of rotatable bonds is 9. The molecule has 0 aliphatic carbocycles. The van der Waals surface area contributed by atoms with Crippen LogP contribution in [0.5, 0.6) is 11.5 Å². The average Bonchev–Trinajstić information content (AvgIpc) is 2.61. The van der Waals surface area contributed by atoms with Crippen molar-refractivity contribution in [1.82, 2.24) is 5.32 Å². The molecule has 0 bridgehead atoms. The highest BCUT2D eigenvalue weighted by atomic mass is 16.5. The Hall–Kier alpha value is -2.49. The monoisotopic (exact) mass is 355 g/mol. The Morgan fingerprint density at radius 1 is 1.08 bits per heavy atom. The number of benzene rings is 2. The van der Waals surface area contributed by atoms with E-state index in [2.05, 4.69) is 19.2 Å². The second kappa shape index (κ2) is 9.85. The van der Waals surface area contributed by atoms with Gasteiger partial charge in [-0.3, -0.25) is 4.79 Å². The summed E-state index contributed by atoms with van der Waals surface area (Å²) in [6.07, 6.45) is 0.964. The van der Waals surface area contributed by atoms with Crippen LogP contribution in [0.3, 0.4) is 0 Å². The first kappa shape index (κ1) is 19.8. The van der Waals surface area contributed by atoms with Crippen molar-refractivity contribution in [1.29, 1.82) is 0 Å². The van der Waals surface area contributed by atoms with Gasteiger partial charge in [0, 0.05) is 17.7 Å². The van der Waals surface area contributed by atoms with Gasteiger partial charge in [0.25, 0.3) is 5.91 Å². The van der Waals surface area contributed by atoms with E-state index in [1.54, 1.807) is 6.07 Å². The van der Waals surface area contributed by atoms with Gasteiger partial charge in [-0.1, -0.05) is 32.0 Å². The van der Waals surface area contributed by atoms with Crippen molar-refractivity contribution < 1.29 is 14.3 Å². The maximum absolute atomic E-state index is 12.4. The third kappa shape index (κ3) is 5.80. The molecule has 2 aromatic carbocycles. The molecule has 0 heterocycles. The third-order valence-corrected chi connectivity index (χ3v) is 4.11. The molecule has 0 unspecified atom stereocenters. The van der Waals surface area contributed by atoms with Crippen LogP contribution < -0.4 is 14.8 Å². The number of ether oxygens (including phenoxy) is 2. The van der Waals surface area contributed by atoms with Gasteiger partial charge < -0.3 is 14.8 Å². The molecule has 0 radical (unpaired) electrons. The number of amides is 1. The summed E-state index contributed by atoms with van der Waals surface area (Å²) in [7, 11) is 0. The molecule has 26 heavy (non-hydrogen) atoms. The summed E-state index contributed by atoms with van der Waals surface area (Å²) in [5.41, 5.74) is 2.57. The zero-order chi connectivity index (χ0) is 18.9. The van der Waals surface area contributed by atoms with Crippen molar-refractivity contribution >= 4 is 5.91 Å². The van der Waals surface area contributed by atoms with E-state index in [4.69, 9.17) is 9.47 Å². The van der Waals surface area contributed by atoms with E-state index in [0.29, 0.717) is 31.2 Å². The Bertz CT molecular complexity index is 725. The van der Waals surface area contributed by atoms with E-state index in [0.717, 1.165) is 29.0 Å². The molecule has 0 atom stereocenters. The predicted octanol–water partition coefficient (Wildman–Crippen LogP) is 4.75. The fourth-order valence-electron chi connectivity index (χ4n) is 2.58. The summed E-state index contributed by atoms with van der Waals surface area (Å²) in [4.78, 5) is 12.4. The average molecular weight is 355 g/mol. The van der Waals surface area contributed by atoms with E-state index in [-0.39, 0.29) is 5.91 Å². The Labute approximate surface area is 156 Å². The van der Waals surface area contributed by atoms with Crippen LogP contribution in [0.1, 0.15) is 48.7 Å².